The highest BCUT2D eigenvalue weighted by molar-refractivity contribution is 6.27. The number of ether oxygens (including phenoxy) is 4. The summed E-state index contributed by atoms with van der Waals surface area (Å²) in [5.74, 6) is 1.04. The Morgan fingerprint density at radius 3 is 0.986 bits per heavy atom. The number of hydrogen-bond acceptors (Lipinski definition) is 6. The first-order chi connectivity index (χ1) is 34.5. The van der Waals surface area contributed by atoms with Crippen LogP contribution in [0.1, 0.15) is 206 Å². The lowest BCUT2D eigenvalue weighted by Crippen LogP contribution is -2.12. The average molecular weight is 951 g/mol. The molecule has 0 radical (unpaired) electrons. The maximum atomic E-state index is 13.7. The lowest BCUT2D eigenvalue weighted by atomic mass is 9.84. The fraction of sp³-hybridized carbons (Fsp3) is 0.531. The Labute approximate surface area is 421 Å². The summed E-state index contributed by atoms with van der Waals surface area (Å²) < 4.78 is 24.2. The Morgan fingerprint density at radius 2 is 0.629 bits per heavy atom. The minimum atomic E-state index is -0.670. The lowest BCUT2D eigenvalue weighted by Gasteiger charge is -2.22. The van der Waals surface area contributed by atoms with Gasteiger partial charge >= 0.3 is 12.3 Å². The standard InChI is InChI=1S/C64H86O6/c1-5-9-13-17-21-25-33-45-67-63(65)69-61-53-39-31-29-37-51(53)59(57-47-49(41-43-55(57)61)35-27-23-19-15-11-7-3)60-52-38-30-32-40-54(52)62(70-64(66)68-46-34-26-22-18-14-10-6-2)56-44-42-50(48-58(56)60)36-28-24-20-16-12-8-4/h29-32,37-44,47-48H,5-28,33-36,45-46H2,1-4H3. The Morgan fingerprint density at radius 1 is 0.329 bits per heavy atom. The van der Waals surface area contributed by atoms with E-state index in [1.165, 1.54) is 127 Å². The SMILES string of the molecule is CCCCCCCCCOC(=O)Oc1c2ccccc2c(-c2c3ccccc3c(OC(=O)OCCCCCCCCC)c3ccc(CCCCCCCC)cc23)c2cc(CCCCCCCC)ccc12. The average Bonchev–Trinajstić information content (AvgIpc) is 3.38. The smallest absolute Gasteiger partial charge is 0.434 e. The maximum absolute atomic E-state index is 13.7. The van der Waals surface area contributed by atoms with Gasteiger partial charge in [-0.1, -0.05) is 254 Å². The number of unbranched alkanes of at least 4 members (excludes halogenated alkanes) is 22. The predicted octanol–water partition coefficient (Wildman–Crippen LogP) is 20.3. The molecule has 6 rings (SSSR count). The van der Waals surface area contributed by atoms with Crippen molar-refractivity contribution >= 4 is 55.4 Å². The van der Waals surface area contributed by atoms with E-state index in [1.54, 1.807) is 0 Å². The second-order valence-electron chi connectivity index (χ2n) is 19.9. The van der Waals surface area contributed by atoms with E-state index in [9.17, 15) is 9.59 Å². The molecule has 0 saturated carbocycles. The summed E-state index contributed by atoms with van der Waals surface area (Å²) in [5, 5.41) is 7.42. The molecule has 0 amide bonds. The number of carbonyl (C=O) groups excluding carboxylic acids is 2. The summed E-state index contributed by atoms with van der Waals surface area (Å²) in [6.07, 6.45) is 31.2. The van der Waals surface area contributed by atoms with Crippen molar-refractivity contribution in [3.63, 3.8) is 0 Å². The van der Waals surface area contributed by atoms with E-state index in [0.717, 1.165) is 118 Å². The summed E-state index contributed by atoms with van der Waals surface area (Å²) in [6.45, 7) is 9.67. The van der Waals surface area contributed by atoms with Crippen molar-refractivity contribution in [2.75, 3.05) is 13.2 Å². The van der Waals surface area contributed by atoms with Crippen molar-refractivity contribution in [2.45, 2.75) is 207 Å². The molecule has 0 aliphatic heterocycles. The normalized spacial score (nSPS) is 11.5. The van der Waals surface area contributed by atoms with Crippen LogP contribution in [0.3, 0.4) is 0 Å². The summed E-state index contributed by atoms with van der Waals surface area (Å²) in [4.78, 5) is 27.3. The molecule has 0 bridgehead atoms. The molecule has 6 heteroatoms. The van der Waals surface area contributed by atoms with Crippen molar-refractivity contribution in [2.24, 2.45) is 0 Å². The van der Waals surface area contributed by atoms with Crippen LogP contribution in [0.4, 0.5) is 9.59 Å². The van der Waals surface area contributed by atoms with Gasteiger partial charge in [0, 0.05) is 21.5 Å². The Bertz CT molecular complexity index is 2350. The fourth-order valence-electron chi connectivity index (χ4n) is 10.3. The molecule has 6 nitrogen and oxygen atoms in total. The number of aryl methyl sites for hydroxylation is 2. The van der Waals surface area contributed by atoms with E-state index >= 15 is 0 Å². The Kier molecular flexibility index (Phi) is 23.7. The molecular formula is C64H86O6. The zero-order valence-corrected chi connectivity index (χ0v) is 43.7. The highest BCUT2D eigenvalue weighted by Gasteiger charge is 2.25. The highest BCUT2D eigenvalue weighted by Crippen LogP contribution is 2.50. The summed E-state index contributed by atoms with van der Waals surface area (Å²) in [6, 6.07) is 30.1. The van der Waals surface area contributed by atoms with Gasteiger partial charge in [0.25, 0.3) is 0 Å². The van der Waals surface area contributed by atoms with Crippen molar-refractivity contribution < 1.29 is 28.5 Å². The number of hydrogen-bond donors (Lipinski definition) is 0. The van der Waals surface area contributed by atoms with Gasteiger partial charge in [0.05, 0.1) is 13.2 Å². The van der Waals surface area contributed by atoms with E-state index in [2.05, 4.69) is 100 Å². The van der Waals surface area contributed by atoms with Crippen molar-refractivity contribution in [3.8, 4) is 22.6 Å². The number of rotatable bonds is 33. The topological polar surface area (TPSA) is 71.1 Å². The summed E-state index contributed by atoms with van der Waals surface area (Å²) in [7, 11) is 0. The van der Waals surface area contributed by atoms with Gasteiger partial charge < -0.3 is 18.9 Å². The van der Waals surface area contributed by atoms with Crippen LogP contribution in [-0.2, 0) is 22.3 Å². The molecule has 0 heterocycles. The molecule has 0 aliphatic carbocycles. The van der Waals surface area contributed by atoms with E-state index in [0.29, 0.717) is 24.7 Å². The first-order valence-corrected chi connectivity index (χ1v) is 28.1. The molecule has 0 unspecified atom stereocenters. The second-order valence-corrected chi connectivity index (χ2v) is 19.9. The Hall–Kier alpha value is -5.10. The molecule has 0 aliphatic rings. The third kappa shape index (κ3) is 16.0. The van der Waals surface area contributed by atoms with Crippen LogP contribution in [0.25, 0.3) is 54.2 Å². The molecule has 0 N–H and O–H groups in total. The molecule has 6 aromatic carbocycles. The zero-order valence-electron chi connectivity index (χ0n) is 43.7. The summed E-state index contributed by atoms with van der Waals surface area (Å²) >= 11 is 0. The van der Waals surface area contributed by atoms with Gasteiger partial charge in [0.1, 0.15) is 11.5 Å². The number of fused-ring (bicyclic) bond motifs is 4. The van der Waals surface area contributed by atoms with Gasteiger partial charge in [-0.3, -0.25) is 0 Å². The molecule has 0 saturated heterocycles. The molecule has 70 heavy (non-hydrogen) atoms. The van der Waals surface area contributed by atoms with Gasteiger partial charge in [-0.05, 0) is 82.3 Å². The van der Waals surface area contributed by atoms with E-state index in [4.69, 9.17) is 18.9 Å². The first-order valence-electron chi connectivity index (χ1n) is 28.1. The highest BCUT2D eigenvalue weighted by atomic mass is 16.7. The van der Waals surface area contributed by atoms with Crippen LogP contribution in [0, 0.1) is 0 Å². The van der Waals surface area contributed by atoms with Crippen molar-refractivity contribution in [1.29, 1.82) is 0 Å². The van der Waals surface area contributed by atoms with Crippen LogP contribution in [0.5, 0.6) is 11.5 Å². The molecule has 0 atom stereocenters. The third-order valence-electron chi connectivity index (χ3n) is 14.3. The van der Waals surface area contributed by atoms with Crippen molar-refractivity contribution in [3.05, 3.63) is 96.1 Å². The van der Waals surface area contributed by atoms with Gasteiger partial charge in [0.2, 0.25) is 0 Å². The minimum Gasteiger partial charge on any atom is -0.434 e. The van der Waals surface area contributed by atoms with Crippen LogP contribution in [-0.4, -0.2) is 25.5 Å². The first kappa shape index (κ1) is 54.2. The van der Waals surface area contributed by atoms with Crippen LogP contribution < -0.4 is 9.47 Å². The van der Waals surface area contributed by atoms with Gasteiger partial charge in [-0.15, -0.1) is 0 Å². The number of carbonyl (C=O) groups is 2. The quantitative estimate of drug-likeness (QED) is 0.0177. The predicted molar refractivity (Wildman–Crippen MR) is 296 cm³/mol. The monoisotopic (exact) mass is 951 g/mol. The number of benzene rings is 6. The van der Waals surface area contributed by atoms with E-state index in [1.807, 2.05) is 12.1 Å². The molecule has 378 valence electrons. The van der Waals surface area contributed by atoms with Gasteiger partial charge in [-0.2, -0.15) is 0 Å². The van der Waals surface area contributed by atoms with Crippen molar-refractivity contribution in [1.82, 2.24) is 0 Å². The third-order valence-corrected chi connectivity index (χ3v) is 14.3. The fourth-order valence-corrected chi connectivity index (χ4v) is 10.3. The summed E-state index contributed by atoms with van der Waals surface area (Å²) in [5.41, 5.74) is 4.66. The molecular weight excluding hydrogens is 865 g/mol. The zero-order chi connectivity index (χ0) is 49.2. The maximum Gasteiger partial charge on any atom is 0.513 e. The second kappa shape index (κ2) is 30.6. The van der Waals surface area contributed by atoms with Gasteiger partial charge in [-0.25, -0.2) is 9.59 Å². The lowest BCUT2D eigenvalue weighted by molar-refractivity contribution is 0.0972. The minimum absolute atomic E-state index is 0.336. The largest absolute Gasteiger partial charge is 0.513 e. The molecule has 0 fully saturated rings. The van der Waals surface area contributed by atoms with E-state index < -0.39 is 12.3 Å². The van der Waals surface area contributed by atoms with Crippen LogP contribution in [0.15, 0.2) is 84.9 Å². The molecule has 0 aromatic heterocycles. The van der Waals surface area contributed by atoms with Crippen LogP contribution in [0.2, 0.25) is 0 Å². The molecule has 0 spiro atoms. The van der Waals surface area contributed by atoms with Gasteiger partial charge in [0.15, 0.2) is 0 Å². The van der Waals surface area contributed by atoms with Crippen LogP contribution >= 0.6 is 0 Å². The Balaban J connectivity index is 1.45. The molecule has 6 aromatic rings. The van der Waals surface area contributed by atoms with E-state index in [-0.39, 0.29) is 0 Å².